The molecule has 2 aliphatic rings. The molecule has 1 N–H and O–H groups in total. The van der Waals surface area contributed by atoms with Crippen LogP contribution >= 0.6 is 15.9 Å². The monoisotopic (exact) mass is 478 g/mol. The lowest BCUT2D eigenvalue weighted by Crippen LogP contribution is -2.28. The number of anilines is 2. The molecule has 3 aromatic rings. The van der Waals surface area contributed by atoms with Gasteiger partial charge in [0.1, 0.15) is 5.82 Å². The van der Waals surface area contributed by atoms with Crippen molar-refractivity contribution in [2.24, 2.45) is 5.92 Å². The Morgan fingerprint density at radius 3 is 2.68 bits per heavy atom. The third-order valence-electron chi connectivity index (χ3n) is 6.00. The maximum Gasteiger partial charge on any atom is 0.229 e. The van der Waals surface area contributed by atoms with Crippen LogP contribution in [0.15, 0.2) is 59.2 Å². The number of rotatable bonds is 4. The van der Waals surface area contributed by atoms with E-state index in [0.29, 0.717) is 6.54 Å². The van der Waals surface area contributed by atoms with Gasteiger partial charge in [-0.3, -0.25) is 9.59 Å². The van der Waals surface area contributed by atoms with Gasteiger partial charge in [0.15, 0.2) is 0 Å². The number of carbonyl (C=O) groups is 2. The summed E-state index contributed by atoms with van der Waals surface area (Å²) in [7, 11) is 0. The summed E-state index contributed by atoms with van der Waals surface area (Å²) >= 11 is 3.49. The summed E-state index contributed by atoms with van der Waals surface area (Å²) in [6.45, 7) is 1.42. The number of nitrogens with zero attached hydrogens (tertiary/aromatic N) is 3. The number of nitrogens with one attached hydrogen (secondary N) is 1. The van der Waals surface area contributed by atoms with Gasteiger partial charge < -0.3 is 14.8 Å². The summed E-state index contributed by atoms with van der Waals surface area (Å²) in [5.41, 5.74) is 3.54. The molecule has 0 radical (unpaired) electrons. The van der Waals surface area contributed by atoms with Crippen molar-refractivity contribution < 1.29 is 9.59 Å². The van der Waals surface area contributed by atoms with Crippen LogP contribution in [0, 0.1) is 5.92 Å². The predicted molar refractivity (Wildman–Crippen MR) is 124 cm³/mol. The lowest BCUT2D eigenvalue weighted by atomic mass is 10.1. The molecule has 0 bridgehead atoms. The Kier molecular flexibility index (Phi) is 5.36. The van der Waals surface area contributed by atoms with Gasteiger partial charge in [0.25, 0.3) is 0 Å². The summed E-state index contributed by atoms with van der Waals surface area (Å²) in [6.07, 6.45) is 5.76. The quantitative estimate of drug-likeness (QED) is 0.593. The van der Waals surface area contributed by atoms with Gasteiger partial charge in [0.2, 0.25) is 11.8 Å². The average molecular weight is 479 g/mol. The van der Waals surface area contributed by atoms with Crippen LogP contribution in [0.4, 0.5) is 11.4 Å². The summed E-state index contributed by atoms with van der Waals surface area (Å²) in [4.78, 5) is 31.7. The molecule has 158 valence electrons. The zero-order valence-corrected chi connectivity index (χ0v) is 18.6. The largest absolute Gasteiger partial charge is 0.334 e. The first-order valence-corrected chi connectivity index (χ1v) is 11.4. The molecule has 7 heteroatoms. The van der Waals surface area contributed by atoms with Gasteiger partial charge in [-0.2, -0.15) is 0 Å². The summed E-state index contributed by atoms with van der Waals surface area (Å²) < 4.78 is 3.09. The van der Waals surface area contributed by atoms with E-state index in [1.807, 2.05) is 48.5 Å². The highest BCUT2D eigenvalue weighted by molar-refractivity contribution is 9.10. The summed E-state index contributed by atoms with van der Waals surface area (Å²) in [6, 6.07) is 15.3. The predicted octanol–water partition coefficient (Wildman–Crippen LogP) is 4.64. The van der Waals surface area contributed by atoms with E-state index in [2.05, 4.69) is 32.0 Å². The molecule has 1 saturated heterocycles. The lowest BCUT2D eigenvalue weighted by Gasteiger charge is -2.18. The molecule has 0 saturated carbocycles. The van der Waals surface area contributed by atoms with E-state index in [-0.39, 0.29) is 24.2 Å². The van der Waals surface area contributed by atoms with Gasteiger partial charge in [0, 0.05) is 47.9 Å². The topological polar surface area (TPSA) is 67.2 Å². The maximum atomic E-state index is 12.8. The van der Waals surface area contributed by atoms with E-state index >= 15 is 0 Å². The molecule has 1 atom stereocenters. The Balaban J connectivity index is 1.25. The van der Waals surface area contributed by atoms with Crippen molar-refractivity contribution in [1.82, 2.24) is 9.55 Å². The third-order valence-corrected chi connectivity index (χ3v) is 6.67. The number of halogens is 1. The van der Waals surface area contributed by atoms with Crippen LogP contribution in [-0.2, 0) is 22.6 Å². The highest BCUT2D eigenvalue weighted by Gasteiger charge is 2.35. The van der Waals surface area contributed by atoms with E-state index in [4.69, 9.17) is 4.98 Å². The smallest absolute Gasteiger partial charge is 0.229 e. The molecule has 1 fully saturated rings. The standard InChI is InChI=1S/C24H23BrN4O2/c25-19-5-1-2-6-21(19)29-14-17(13-23(29)30)24(31)26-18-10-8-16(9-11-18)20-15-28-12-4-3-7-22(28)27-20/h1-2,5-6,8-11,15,17H,3-4,7,12-14H2,(H,26,31). The number of amides is 2. The fourth-order valence-corrected chi connectivity index (χ4v) is 4.81. The van der Waals surface area contributed by atoms with Crippen molar-refractivity contribution in [2.45, 2.75) is 32.2 Å². The molecule has 2 aromatic carbocycles. The number of hydrogen-bond donors (Lipinski definition) is 1. The molecule has 31 heavy (non-hydrogen) atoms. The number of imidazole rings is 1. The zero-order valence-electron chi connectivity index (χ0n) is 17.1. The molecule has 1 unspecified atom stereocenters. The molecule has 5 rings (SSSR count). The Hall–Kier alpha value is -2.93. The molecular weight excluding hydrogens is 456 g/mol. The fraction of sp³-hybridized carbons (Fsp3) is 0.292. The number of hydrogen-bond acceptors (Lipinski definition) is 3. The molecule has 2 amide bonds. The van der Waals surface area contributed by atoms with Crippen LogP contribution in [-0.4, -0.2) is 27.9 Å². The molecule has 6 nitrogen and oxygen atoms in total. The third kappa shape index (κ3) is 4.02. The summed E-state index contributed by atoms with van der Waals surface area (Å²) in [5.74, 6) is 0.609. The zero-order chi connectivity index (χ0) is 21.4. The minimum absolute atomic E-state index is 0.0360. The number of benzene rings is 2. The number of carbonyl (C=O) groups excluding carboxylic acids is 2. The van der Waals surface area contributed by atoms with Crippen LogP contribution in [0.2, 0.25) is 0 Å². The Morgan fingerprint density at radius 2 is 1.90 bits per heavy atom. The minimum Gasteiger partial charge on any atom is -0.334 e. The Morgan fingerprint density at radius 1 is 1.10 bits per heavy atom. The van der Waals surface area contributed by atoms with Crippen molar-refractivity contribution >= 4 is 39.1 Å². The van der Waals surface area contributed by atoms with Crippen molar-refractivity contribution in [3.8, 4) is 11.3 Å². The summed E-state index contributed by atoms with van der Waals surface area (Å²) in [5, 5.41) is 2.96. The van der Waals surface area contributed by atoms with Gasteiger partial charge >= 0.3 is 0 Å². The van der Waals surface area contributed by atoms with Gasteiger partial charge in [-0.05, 0) is 53.0 Å². The van der Waals surface area contributed by atoms with E-state index in [0.717, 1.165) is 45.9 Å². The van der Waals surface area contributed by atoms with Crippen molar-refractivity contribution in [3.63, 3.8) is 0 Å². The first-order chi connectivity index (χ1) is 15.1. The van der Waals surface area contributed by atoms with Crippen molar-refractivity contribution in [3.05, 3.63) is 65.0 Å². The second kappa shape index (κ2) is 8.30. The molecule has 2 aliphatic heterocycles. The Bertz CT molecular complexity index is 1120. The minimum atomic E-state index is -0.376. The SMILES string of the molecule is O=C(Nc1ccc(-c2cn3c(n2)CCCC3)cc1)C1CC(=O)N(c2ccccc2Br)C1. The molecular formula is C24H23BrN4O2. The number of fused-ring (bicyclic) bond motifs is 1. The van der Waals surface area contributed by atoms with E-state index < -0.39 is 0 Å². The van der Waals surface area contributed by atoms with Crippen LogP contribution in [0.5, 0.6) is 0 Å². The van der Waals surface area contributed by atoms with Crippen LogP contribution in [0.1, 0.15) is 25.1 Å². The first-order valence-electron chi connectivity index (χ1n) is 10.6. The van der Waals surface area contributed by atoms with Crippen molar-refractivity contribution in [2.75, 3.05) is 16.8 Å². The molecule has 0 aliphatic carbocycles. The van der Waals surface area contributed by atoms with Crippen molar-refractivity contribution in [1.29, 1.82) is 0 Å². The Labute approximate surface area is 189 Å². The normalized spacial score (nSPS) is 18.2. The molecule has 1 aromatic heterocycles. The van der Waals surface area contributed by atoms with Gasteiger partial charge in [-0.25, -0.2) is 4.98 Å². The van der Waals surface area contributed by atoms with E-state index in [1.54, 1.807) is 4.90 Å². The number of aryl methyl sites for hydroxylation is 2. The van der Waals surface area contributed by atoms with Crippen LogP contribution < -0.4 is 10.2 Å². The second-order valence-corrected chi connectivity index (χ2v) is 8.97. The maximum absolute atomic E-state index is 12.8. The van der Waals surface area contributed by atoms with Crippen LogP contribution in [0.25, 0.3) is 11.3 Å². The molecule has 3 heterocycles. The van der Waals surface area contributed by atoms with Gasteiger partial charge in [-0.1, -0.05) is 24.3 Å². The molecule has 0 spiro atoms. The van der Waals surface area contributed by atoms with Gasteiger partial charge in [-0.15, -0.1) is 0 Å². The number of para-hydroxylation sites is 1. The highest BCUT2D eigenvalue weighted by atomic mass is 79.9. The van der Waals surface area contributed by atoms with E-state index in [9.17, 15) is 9.59 Å². The van der Waals surface area contributed by atoms with Crippen LogP contribution in [0.3, 0.4) is 0 Å². The fourth-order valence-electron chi connectivity index (χ4n) is 4.31. The number of aromatic nitrogens is 2. The highest BCUT2D eigenvalue weighted by Crippen LogP contribution is 2.32. The average Bonchev–Trinajstić information content (AvgIpc) is 3.38. The van der Waals surface area contributed by atoms with E-state index in [1.165, 1.54) is 12.8 Å². The van der Waals surface area contributed by atoms with Gasteiger partial charge in [0.05, 0.1) is 17.3 Å². The lowest BCUT2D eigenvalue weighted by molar-refractivity contribution is -0.122. The second-order valence-electron chi connectivity index (χ2n) is 8.12. The first kappa shape index (κ1) is 20.0.